The van der Waals surface area contributed by atoms with Gasteiger partial charge in [0.25, 0.3) is 10.1 Å². The van der Waals surface area contributed by atoms with Crippen molar-refractivity contribution in [2.45, 2.75) is 51.0 Å². The fourth-order valence-electron chi connectivity index (χ4n) is 5.23. The lowest BCUT2D eigenvalue weighted by molar-refractivity contribution is -0.211. The van der Waals surface area contributed by atoms with Gasteiger partial charge in [0.2, 0.25) is 0 Å². The molecule has 0 aliphatic heterocycles. The van der Waals surface area contributed by atoms with Crippen molar-refractivity contribution in [2.24, 2.45) is 17.3 Å². The highest BCUT2D eigenvalue weighted by molar-refractivity contribution is 7.85. The maximum Gasteiger partial charge on any atom is 0.312 e. The number of carbonyl (C=O) groups excluding carboxylic acids is 2. The van der Waals surface area contributed by atoms with E-state index < -0.39 is 32.9 Å². The van der Waals surface area contributed by atoms with Crippen LogP contribution in [0.5, 0.6) is 0 Å². The first-order chi connectivity index (χ1) is 10.6. The lowest BCUT2D eigenvalue weighted by Gasteiger charge is -2.59. The normalized spacial score (nSPS) is 38.3. The minimum absolute atomic E-state index is 0.332. The molecule has 0 spiro atoms. The van der Waals surface area contributed by atoms with Gasteiger partial charge in [-0.15, -0.1) is 0 Å². The first kappa shape index (κ1) is 16.7. The summed E-state index contributed by atoms with van der Waals surface area (Å²) in [6, 6.07) is 0. The number of rotatable bonds is 5. The van der Waals surface area contributed by atoms with E-state index in [2.05, 4.69) is 0 Å². The van der Waals surface area contributed by atoms with Crippen LogP contribution in [-0.4, -0.2) is 42.9 Å². The molecule has 130 valence electrons. The third-order valence-electron chi connectivity index (χ3n) is 5.38. The van der Waals surface area contributed by atoms with Crippen LogP contribution in [0.3, 0.4) is 0 Å². The summed E-state index contributed by atoms with van der Waals surface area (Å²) in [6.45, 7) is 1.03. The molecule has 0 aromatic rings. The van der Waals surface area contributed by atoms with Gasteiger partial charge in [0, 0.05) is 13.3 Å². The van der Waals surface area contributed by atoms with Gasteiger partial charge in [0.15, 0.2) is 0 Å². The Morgan fingerprint density at radius 2 is 1.78 bits per heavy atom. The second kappa shape index (κ2) is 5.44. The molecule has 4 bridgehead atoms. The molecule has 4 saturated carbocycles. The van der Waals surface area contributed by atoms with Gasteiger partial charge in [-0.25, -0.2) is 0 Å². The minimum Gasteiger partial charge on any atom is -0.464 e. The van der Waals surface area contributed by atoms with Gasteiger partial charge < -0.3 is 9.47 Å². The van der Waals surface area contributed by atoms with Crippen LogP contribution in [0.1, 0.15) is 45.4 Å². The van der Waals surface area contributed by atoms with Crippen molar-refractivity contribution in [3.05, 3.63) is 0 Å². The van der Waals surface area contributed by atoms with Crippen LogP contribution in [0.25, 0.3) is 0 Å². The Morgan fingerprint density at radius 3 is 2.30 bits per heavy atom. The van der Waals surface area contributed by atoms with Crippen LogP contribution < -0.4 is 0 Å². The zero-order chi connectivity index (χ0) is 16.9. The molecule has 7 nitrogen and oxygen atoms in total. The first-order valence-electron chi connectivity index (χ1n) is 7.93. The van der Waals surface area contributed by atoms with Gasteiger partial charge in [0.05, 0.1) is 5.41 Å². The summed E-state index contributed by atoms with van der Waals surface area (Å²) in [4.78, 5) is 24.0. The molecule has 2 atom stereocenters. The van der Waals surface area contributed by atoms with Crippen LogP contribution >= 0.6 is 0 Å². The quantitative estimate of drug-likeness (QED) is 0.591. The summed E-state index contributed by atoms with van der Waals surface area (Å²) in [5.74, 6) is -0.681. The summed E-state index contributed by atoms with van der Waals surface area (Å²) in [5.41, 5.74) is -1.25. The van der Waals surface area contributed by atoms with E-state index in [0.29, 0.717) is 31.1 Å². The largest absolute Gasteiger partial charge is 0.464 e. The molecule has 4 aliphatic carbocycles. The van der Waals surface area contributed by atoms with Crippen molar-refractivity contribution >= 4 is 22.1 Å². The highest BCUT2D eigenvalue weighted by Gasteiger charge is 2.62. The van der Waals surface area contributed by atoms with E-state index in [0.717, 1.165) is 19.3 Å². The van der Waals surface area contributed by atoms with E-state index >= 15 is 0 Å². The number of esters is 2. The maximum atomic E-state index is 12.6. The number of ether oxygens (including phenoxy) is 2. The van der Waals surface area contributed by atoms with E-state index in [1.807, 2.05) is 0 Å². The van der Waals surface area contributed by atoms with Gasteiger partial charge in [0.1, 0.15) is 18.0 Å². The SMILES string of the molecule is CC(=O)OC12CC3CC(C1)CC(C(=O)OCCS(=O)(=O)O)(C3)C2. The zero-order valence-electron chi connectivity index (χ0n) is 13.1. The molecular weight excluding hydrogens is 324 g/mol. The summed E-state index contributed by atoms with van der Waals surface area (Å²) in [7, 11) is -4.15. The smallest absolute Gasteiger partial charge is 0.312 e. The highest BCUT2D eigenvalue weighted by atomic mass is 32.2. The minimum atomic E-state index is -4.15. The van der Waals surface area contributed by atoms with Crippen molar-refractivity contribution in [1.29, 1.82) is 0 Å². The lowest BCUT2D eigenvalue weighted by atomic mass is 9.48. The van der Waals surface area contributed by atoms with Gasteiger partial charge in [-0.1, -0.05) is 0 Å². The van der Waals surface area contributed by atoms with E-state index in [1.54, 1.807) is 0 Å². The van der Waals surface area contributed by atoms with Crippen molar-refractivity contribution in [2.75, 3.05) is 12.4 Å². The van der Waals surface area contributed by atoms with Crippen molar-refractivity contribution in [1.82, 2.24) is 0 Å². The van der Waals surface area contributed by atoms with Gasteiger partial charge in [-0.3, -0.25) is 14.1 Å². The van der Waals surface area contributed by atoms with E-state index in [4.69, 9.17) is 14.0 Å². The van der Waals surface area contributed by atoms with E-state index in [9.17, 15) is 18.0 Å². The predicted octanol–water partition coefficient (Wildman–Crippen LogP) is 1.32. The summed E-state index contributed by atoms with van der Waals surface area (Å²) >= 11 is 0. The topological polar surface area (TPSA) is 107 Å². The predicted molar refractivity (Wildman–Crippen MR) is 79.0 cm³/mol. The highest BCUT2D eigenvalue weighted by Crippen LogP contribution is 2.63. The Hall–Kier alpha value is -1.15. The molecule has 0 amide bonds. The monoisotopic (exact) mass is 346 g/mol. The second-order valence-electron chi connectivity index (χ2n) is 7.44. The van der Waals surface area contributed by atoms with Crippen molar-refractivity contribution in [3.63, 3.8) is 0 Å². The van der Waals surface area contributed by atoms with E-state index in [1.165, 1.54) is 6.92 Å². The maximum absolute atomic E-state index is 12.6. The van der Waals surface area contributed by atoms with Crippen LogP contribution in [0.15, 0.2) is 0 Å². The number of hydrogen-bond acceptors (Lipinski definition) is 6. The molecule has 0 heterocycles. The van der Waals surface area contributed by atoms with Crippen LogP contribution in [0.2, 0.25) is 0 Å². The molecule has 0 aromatic heterocycles. The Balaban J connectivity index is 1.73. The van der Waals surface area contributed by atoms with Crippen LogP contribution in [0, 0.1) is 17.3 Å². The molecule has 0 aromatic carbocycles. The average molecular weight is 346 g/mol. The second-order valence-corrected chi connectivity index (χ2v) is 9.01. The third kappa shape index (κ3) is 3.38. The van der Waals surface area contributed by atoms with Crippen LogP contribution in [-0.2, 0) is 29.2 Å². The number of hydrogen-bond donors (Lipinski definition) is 1. The number of carbonyl (C=O) groups is 2. The molecule has 4 aliphatic rings. The fourth-order valence-corrected chi connectivity index (χ4v) is 5.53. The first-order valence-corrected chi connectivity index (χ1v) is 9.54. The third-order valence-corrected chi connectivity index (χ3v) is 6.06. The van der Waals surface area contributed by atoms with Crippen LogP contribution in [0.4, 0.5) is 0 Å². The Kier molecular flexibility index (Phi) is 3.95. The van der Waals surface area contributed by atoms with Crippen molar-refractivity contribution in [3.8, 4) is 0 Å². The molecule has 0 saturated heterocycles. The Labute approximate surface area is 135 Å². The molecule has 4 fully saturated rings. The Morgan fingerprint density at radius 1 is 1.17 bits per heavy atom. The average Bonchev–Trinajstić information content (AvgIpc) is 2.33. The Bertz CT molecular complexity index is 610. The van der Waals surface area contributed by atoms with Crippen molar-refractivity contribution < 1.29 is 32.0 Å². The van der Waals surface area contributed by atoms with Gasteiger partial charge >= 0.3 is 11.9 Å². The summed E-state index contributed by atoms with van der Waals surface area (Å²) in [5, 5.41) is 0. The molecule has 1 N–H and O–H groups in total. The molecule has 0 radical (unpaired) electrons. The molecule has 8 heteroatoms. The molecule has 23 heavy (non-hydrogen) atoms. The molecule has 4 rings (SSSR count). The molecule has 2 unspecified atom stereocenters. The van der Waals surface area contributed by atoms with Gasteiger partial charge in [-0.05, 0) is 43.9 Å². The lowest BCUT2D eigenvalue weighted by Crippen LogP contribution is -2.60. The standard InChI is InChI=1S/C15H22O7S/c1-10(16)22-15-7-11-4-12(8-15)6-14(5-11,9-15)13(17)21-2-3-23(18,19)20/h11-12H,2-9H2,1H3,(H,18,19,20). The zero-order valence-corrected chi connectivity index (χ0v) is 13.9. The van der Waals surface area contributed by atoms with Gasteiger partial charge in [-0.2, -0.15) is 8.42 Å². The molecular formula is C15H22O7S. The summed E-state index contributed by atoms with van der Waals surface area (Å²) in [6.07, 6.45) is 4.50. The summed E-state index contributed by atoms with van der Waals surface area (Å²) < 4.78 is 40.9. The fraction of sp³-hybridized carbons (Fsp3) is 0.867. The van der Waals surface area contributed by atoms with E-state index in [-0.39, 0.29) is 12.6 Å².